The van der Waals surface area contributed by atoms with Crippen molar-refractivity contribution in [1.82, 2.24) is 9.88 Å². The maximum Gasteiger partial charge on any atom is 0.227 e. The number of hydrogen-bond donors (Lipinski definition) is 0. The molecule has 5 nitrogen and oxygen atoms in total. The first-order chi connectivity index (χ1) is 11.8. The Morgan fingerprint density at radius 1 is 1.29 bits per heavy atom. The summed E-state index contributed by atoms with van der Waals surface area (Å²) in [5.74, 6) is 2.01. The van der Waals surface area contributed by atoms with Crippen molar-refractivity contribution in [2.75, 3.05) is 37.7 Å². The molecule has 24 heavy (non-hydrogen) atoms. The van der Waals surface area contributed by atoms with Crippen LogP contribution < -0.4 is 4.90 Å². The Morgan fingerprint density at radius 2 is 2.21 bits per heavy atom. The lowest BCUT2D eigenvalue weighted by Gasteiger charge is -2.36. The number of piperidine rings is 1. The molecule has 2 atom stereocenters. The van der Waals surface area contributed by atoms with E-state index < -0.39 is 0 Å². The number of amides is 1. The molecule has 0 bridgehead atoms. The number of pyridine rings is 1. The van der Waals surface area contributed by atoms with E-state index in [9.17, 15) is 4.79 Å². The molecule has 0 radical (unpaired) electrons. The topological polar surface area (TPSA) is 45.7 Å². The van der Waals surface area contributed by atoms with Gasteiger partial charge in [0.05, 0.1) is 12.5 Å². The van der Waals surface area contributed by atoms with E-state index in [4.69, 9.17) is 4.74 Å². The third-order valence-corrected chi connectivity index (χ3v) is 5.49. The number of nitrogens with zero attached hydrogens (tertiary/aromatic N) is 3. The number of hydrogen-bond acceptors (Lipinski definition) is 4. The summed E-state index contributed by atoms with van der Waals surface area (Å²) in [6.07, 6.45) is 7.36. The lowest BCUT2D eigenvalue weighted by atomic mass is 9.95. The summed E-state index contributed by atoms with van der Waals surface area (Å²) < 4.78 is 5.50. The van der Waals surface area contributed by atoms with Crippen LogP contribution in [0.1, 0.15) is 32.1 Å². The molecule has 1 amide bonds. The fourth-order valence-corrected chi connectivity index (χ4v) is 3.97. The van der Waals surface area contributed by atoms with Crippen LogP contribution in [0, 0.1) is 11.8 Å². The van der Waals surface area contributed by atoms with E-state index in [1.54, 1.807) is 0 Å². The minimum atomic E-state index is 0.115. The van der Waals surface area contributed by atoms with Crippen molar-refractivity contribution in [2.24, 2.45) is 11.8 Å². The van der Waals surface area contributed by atoms with Crippen molar-refractivity contribution in [3.05, 3.63) is 24.4 Å². The van der Waals surface area contributed by atoms with E-state index >= 15 is 0 Å². The molecule has 0 spiro atoms. The number of carbonyl (C=O) groups is 1. The van der Waals surface area contributed by atoms with Crippen molar-refractivity contribution in [2.45, 2.75) is 38.1 Å². The summed E-state index contributed by atoms with van der Waals surface area (Å²) in [4.78, 5) is 22.1. The van der Waals surface area contributed by atoms with Gasteiger partial charge in [-0.3, -0.25) is 4.79 Å². The van der Waals surface area contributed by atoms with Gasteiger partial charge in [0, 0.05) is 44.4 Å². The zero-order valence-corrected chi connectivity index (χ0v) is 14.3. The first-order valence-corrected chi connectivity index (χ1v) is 9.35. The fraction of sp³-hybridized carbons (Fsp3) is 0.684. The lowest BCUT2D eigenvalue weighted by Crippen LogP contribution is -2.47. The Morgan fingerprint density at radius 3 is 2.92 bits per heavy atom. The second-order valence-electron chi connectivity index (χ2n) is 7.42. The van der Waals surface area contributed by atoms with Crippen molar-refractivity contribution in [3.8, 4) is 0 Å². The molecule has 1 aliphatic carbocycles. The molecule has 0 N–H and O–H groups in total. The zero-order valence-electron chi connectivity index (χ0n) is 14.3. The molecule has 3 heterocycles. The van der Waals surface area contributed by atoms with Gasteiger partial charge in [-0.2, -0.15) is 0 Å². The average Bonchev–Trinajstić information content (AvgIpc) is 3.36. The van der Waals surface area contributed by atoms with Gasteiger partial charge >= 0.3 is 0 Å². The number of rotatable bonds is 5. The molecular weight excluding hydrogens is 302 g/mol. The van der Waals surface area contributed by atoms with Crippen molar-refractivity contribution < 1.29 is 9.53 Å². The number of aromatic nitrogens is 1. The molecule has 1 saturated carbocycles. The Labute approximate surface area is 144 Å². The summed E-state index contributed by atoms with van der Waals surface area (Å²) in [6, 6.07) is 6.49. The van der Waals surface area contributed by atoms with Crippen LogP contribution in [0.25, 0.3) is 0 Å². The molecule has 2 saturated heterocycles. The molecule has 2 aliphatic heterocycles. The molecule has 5 heteroatoms. The maximum atomic E-state index is 13.2. The molecular formula is C19H27N3O2. The quantitative estimate of drug-likeness (QED) is 0.832. The van der Waals surface area contributed by atoms with Crippen LogP contribution >= 0.6 is 0 Å². The van der Waals surface area contributed by atoms with E-state index in [0.29, 0.717) is 17.9 Å². The van der Waals surface area contributed by atoms with Crippen LogP contribution in [0.15, 0.2) is 24.4 Å². The minimum absolute atomic E-state index is 0.115. The van der Waals surface area contributed by atoms with E-state index in [2.05, 4.69) is 14.8 Å². The van der Waals surface area contributed by atoms with Gasteiger partial charge in [0.15, 0.2) is 0 Å². The fourth-order valence-electron chi connectivity index (χ4n) is 3.97. The van der Waals surface area contributed by atoms with Crippen LogP contribution in [0.3, 0.4) is 0 Å². The first kappa shape index (κ1) is 15.9. The number of ether oxygens (including phenoxy) is 1. The third kappa shape index (κ3) is 3.56. The highest BCUT2D eigenvalue weighted by atomic mass is 16.5. The highest BCUT2D eigenvalue weighted by Crippen LogP contribution is 2.32. The number of anilines is 1. The van der Waals surface area contributed by atoms with E-state index in [1.165, 1.54) is 12.8 Å². The molecule has 130 valence electrons. The van der Waals surface area contributed by atoms with Gasteiger partial charge in [-0.25, -0.2) is 4.98 Å². The van der Waals surface area contributed by atoms with Gasteiger partial charge in [0.1, 0.15) is 5.82 Å². The summed E-state index contributed by atoms with van der Waals surface area (Å²) in [5, 5.41) is 0. The number of carbonyl (C=O) groups excluding carboxylic acids is 1. The molecule has 0 aromatic carbocycles. The van der Waals surface area contributed by atoms with E-state index in [1.807, 2.05) is 24.4 Å². The summed E-state index contributed by atoms with van der Waals surface area (Å²) in [7, 11) is 0. The Hall–Kier alpha value is -1.62. The normalized spacial score (nSPS) is 27.2. The van der Waals surface area contributed by atoms with E-state index in [0.717, 1.165) is 57.9 Å². The predicted octanol–water partition coefficient (Wildman–Crippen LogP) is 2.33. The molecule has 1 aromatic heterocycles. The van der Waals surface area contributed by atoms with Crippen molar-refractivity contribution in [3.63, 3.8) is 0 Å². The van der Waals surface area contributed by atoms with Crippen molar-refractivity contribution >= 4 is 11.7 Å². The van der Waals surface area contributed by atoms with Gasteiger partial charge in [0.25, 0.3) is 0 Å². The highest BCUT2D eigenvalue weighted by molar-refractivity contribution is 5.80. The van der Waals surface area contributed by atoms with Crippen LogP contribution in [-0.4, -0.2) is 54.7 Å². The second kappa shape index (κ2) is 7.09. The monoisotopic (exact) mass is 329 g/mol. The standard InChI is InChI=1S/C19H27N3O2/c23-19(22(17-6-7-17)12-15-8-11-24-14-15)16-4-3-10-21(13-16)18-5-1-2-9-20-18/h1-2,5,9,15-17H,3-4,6-8,10-14H2. The van der Waals surface area contributed by atoms with Crippen LogP contribution in [0.5, 0.6) is 0 Å². The van der Waals surface area contributed by atoms with Gasteiger partial charge in [-0.05, 0) is 44.2 Å². The minimum Gasteiger partial charge on any atom is -0.381 e. The summed E-state index contributed by atoms with van der Waals surface area (Å²) in [5.41, 5.74) is 0. The molecule has 4 rings (SSSR count). The zero-order chi connectivity index (χ0) is 16.4. The predicted molar refractivity (Wildman–Crippen MR) is 92.8 cm³/mol. The maximum absolute atomic E-state index is 13.2. The lowest BCUT2D eigenvalue weighted by molar-refractivity contribution is -0.137. The molecule has 3 aliphatic rings. The third-order valence-electron chi connectivity index (χ3n) is 5.49. The second-order valence-corrected chi connectivity index (χ2v) is 7.42. The van der Waals surface area contributed by atoms with Gasteiger partial charge in [-0.1, -0.05) is 6.07 Å². The molecule has 2 unspecified atom stereocenters. The Kier molecular flexibility index (Phi) is 4.69. The van der Waals surface area contributed by atoms with Crippen LogP contribution in [-0.2, 0) is 9.53 Å². The van der Waals surface area contributed by atoms with Crippen LogP contribution in [0.2, 0.25) is 0 Å². The average molecular weight is 329 g/mol. The highest BCUT2D eigenvalue weighted by Gasteiger charge is 2.38. The summed E-state index contributed by atoms with van der Waals surface area (Å²) in [6.45, 7) is 4.37. The Balaban J connectivity index is 1.42. The van der Waals surface area contributed by atoms with Crippen molar-refractivity contribution in [1.29, 1.82) is 0 Å². The van der Waals surface area contributed by atoms with Gasteiger partial charge in [0.2, 0.25) is 5.91 Å². The Bertz CT molecular complexity index is 555. The van der Waals surface area contributed by atoms with E-state index in [-0.39, 0.29) is 5.92 Å². The smallest absolute Gasteiger partial charge is 0.227 e. The SMILES string of the molecule is O=C(C1CCCN(c2ccccn2)C1)N(CC1CCOC1)C1CC1. The van der Waals surface area contributed by atoms with Gasteiger partial charge in [-0.15, -0.1) is 0 Å². The van der Waals surface area contributed by atoms with Gasteiger partial charge < -0.3 is 14.5 Å². The molecule has 3 fully saturated rings. The largest absolute Gasteiger partial charge is 0.381 e. The first-order valence-electron chi connectivity index (χ1n) is 9.35. The van der Waals surface area contributed by atoms with Crippen LogP contribution in [0.4, 0.5) is 5.82 Å². The molecule has 1 aromatic rings. The summed E-state index contributed by atoms with van der Waals surface area (Å²) >= 11 is 0.